The number of hydrogen-bond donors (Lipinski definition) is 0. The van der Waals surface area contributed by atoms with Gasteiger partial charge in [-0.25, -0.2) is 4.39 Å². The highest BCUT2D eigenvalue weighted by Gasteiger charge is 2.21. The first kappa shape index (κ1) is 15.0. The van der Waals surface area contributed by atoms with Crippen molar-refractivity contribution < 1.29 is 13.9 Å². The molecule has 1 amide bonds. The second kappa shape index (κ2) is 6.74. The standard InChI is InChI=1S/C14H17FN2O2/c1-10(2)17(8-4-7-16)14(18)12-6-5-11(19-3)9-13(12)15/h5-6,9-10H,4,8H2,1-3H3. The molecule has 0 spiro atoms. The monoisotopic (exact) mass is 264 g/mol. The summed E-state index contributed by atoms with van der Waals surface area (Å²) in [5.41, 5.74) is -0.00700. The summed E-state index contributed by atoms with van der Waals surface area (Å²) in [6, 6.07) is 6.01. The van der Waals surface area contributed by atoms with E-state index in [1.54, 1.807) is 6.07 Å². The van der Waals surface area contributed by atoms with Crippen LogP contribution in [0.25, 0.3) is 0 Å². The SMILES string of the molecule is COc1ccc(C(=O)N(CCC#N)C(C)C)c(F)c1. The fourth-order valence-electron chi connectivity index (χ4n) is 1.72. The molecule has 0 unspecified atom stereocenters. The zero-order valence-corrected chi connectivity index (χ0v) is 11.3. The van der Waals surface area contributed by atoms with Crippen molar-refractivity contribution in [3.05, 3.63) is 29.6 Å². The molecule has 1 aromatic rings. The van der Waals surface area contributed by atoms with Crippen molar-refractivity contribution in [2.45, 2.75) is 26.3 Å². The Morgan fingerprint density at radius 1 is 1.53 bits per heavy atom. The lowest BCUT2D eigenvalue weighted by Gasteiger charge is -2.26. The molecule has 0 bridgehead atoms. The molecule has 0 aromatic heterocycles. The van der Waals surface area contributed by atoms with E-state index in [1.807, 2.05) is 19.9 Å². The smallest absolute Gasteiger partial charge is 0.257 e. The Hall–Kier alpha value is -2.09. The maximum Gasteiger partial charge on any atom is 0.257 e. The van der Waals surface area contributed by atoms with Crippen molar-refractivity contribution in [2.75, 3.05) is 13.7 Å². The fraction of sp³-hybridized carbons (Fsp3) is 0.429. The Labute approximate surface area is 112 Å². The number of amides is 1. The Morgan fingerprint density at radius 2 is 2.21 bits per heavy atom. The molecule has 1 rings (SSSR count). The van der Waals surface area contributed by atoms with E-state index in [-0.39, 0.29) is 18.0 Å². The number of rotatable bonds is 5. The van der Waals surface area contributed by atoms with Crippen LogP contribution in [0.2, 0.25) is 0 Å². The summed E-state index contributed by atoms with van der Waals surface area (Å²) < 4.78 is 18.7. The van der Waals surface area contributed by atoms with E-state index in [2.05, 4.69) is 0 Å². The minimum atomic E-state index is -0.619. The summed E-state index contributed by atoms with van der Waals surface area (Å²) in [5.74, 6) is -0.667. The van der Waals surface area contributed by atoms with Crippen LogP contribution >= 0.6 is 0 Å². The maximum absolute atomic E-state index is 13.8. The molecule has 0 aliphatic rings. The topological polar surface area (TPSA) is 53.3 Å². The van der Waals surface area contributed by atoms with Crippen LogP contribution in [0.1, 0.15) is 30.6 Å². The molecule has 0 radical (unpaired) electrons. The minimum Gasteiger partial charge on any atom is -0.497 e. The second-order valence-corrected chi connectivity index (χ2v) is 4.35. The van der Waals surface area contributed by atoms with Crippen molar-refractivity contribution in [3.63, 3.8) is 0 Å². The van der Waals surface area contributed by atoms with E-state index < -0.39 is 11.7 Å². The molecule has 0 saturated carbocycles. The van der Waals surface area contributed by atoms with Crippen molar-refractivity contribution in [1.82, 2.24) is 4.90 Å². The number of ether oxygens (including phenoxy) is 1. The number of nitrogens with zero attached hydrogens (tertiary/aromatic N) is 2. The molecular formula is C14H17FN2O2. The molecule has 0 atom stereocenters. The van der Waals surface area contributed by atoms with Crippen LogP contribution in [0.15, 0.2) is 18.2 Å². The van der Waals surface area contributed by atoms with Crippen molar-refractivity contribution in [2.24, 2.45) is 0 Å². The lowest BCUT2D eigenvalue weighted by molar-refractivity contribution is 0.0705. The van der Waals surface area contributed by atoms with Crippen molar-refractivity contribution in [3.8, 4) is 11.8 Å². The number of benzene rings is 1. The van der Waals surface area contributed by atoms with Gasteiger partial charge in [-0.1, -0.05) is 0 Å². The van der Waals surface area contributed by atoms with E-state index in [4.69, 9.17) is 10.00 Å². The molecule has 0 saturated heterocycles. The number of carbonyl (C=O) groups excluding carboxylic acids is 1. The lowest BCUT2D eigenvalue weighted by atomic mass is 10.1. The summed E-state index contributed by atoms with van der Waals surface area (Å²) in [7, 11) is 1.43. The molecule has 102 valence electrons. The van der Waals surface area contributed by atoms with Gasteiger partial charge in [0.1, 0.15) is 11.6 Å². The first-order valence-corrected chi connectivity index (χ1v) is 6.02. The zero-order chi connectivity index (χ0) is 14.4. The molecule has 1 aromatic carbocycles. The van der Waals surface area contributed by atoms with Gasteiger partial charge in [0, 0.05) is 18.7 Å². The Kier molecular flexibility index (Phi) is 5.31. The molecule has 0 aliphatic heterocycles. The van der Waals surface area contributed by atoms with Crippen LogP contribution in [0, 0.1) is 17.1 Å². The third kappa shape index (κ3) is 3.68. The van der Waals surface area contributed by atoms with Gasteiger partial charge in [-0.15, -0.1) is 0 Å². The number of methoxy groups -OCH3 is 1. The predicted molar refractivity (Wildman–Crippen MR) is 69.4 cm³/mol. The average molecular weight is 264 g/mol. The van der Waals surface area contributed by atoms with Crippen molar-refractivity contribution in [1.29, 1.82) is 5.26 Å². The summed E-state index contributed by atoms with van der Waals surface area (Å²) >= 11 is 0. The van der Waals surface area contributed by atoms with Gasteiger partial charge in [0.25, 0.3) is 5.91 Å². The van der Waals surface area contributed by atoms with Crippen LogP contribution < -0.4 is 4.74 Å². The molecule has 0 fully saturated rings. The predicted octanol–water partition coefficient (Wildman–Crippen LogP) is 2.60. The third-order valence-corrected chi connectivity index (χ3v) is 2.76. The highest BCUT2D eigenvalue weighted by molar-refractivity contribution is 5.94. The molecule has 4 nitrogen and oxygen atoms in total. The van der Waals surface area contributed by atoms with Gasteiger partial charge in [-0.2, -0.15) is 5.26 Å². The largest absolute Gasteiger partial charge is 0.497 e. The van der Waals surface area contributed by atoms with Gasteiger partial charge >= 0.3 is 0 Å². The van der Waals surface area contributed by atoms with E-state index in [0.717, 1.165) is 0 Å². The Morgan fingerprint density at radius 3 is 2.68 bits per heavy atom. The average Bonchev–Trinajstić information content (AvgIpc) is 2.38. The zero-order valence-electron chi connectivity index (χ0n) is 11.3. The quantitative estimate of drug-likeness (QED) is 0.821. The highest BCUT2D eigenvalue weighted by Crippen LogP contribution is 2.18. The highest BCUT2D eigenvalue weighted by atomic mass is 19.1. The second-order valence-electron chi connectivity index (χ2n) is 4.35. The van der Waals surface area contributed by atoms with Gasteiger partial charge in [0.15, 0.2) is 0 Å². The van der Waals surface area contributed by atoms with Gasteiger partial charge in [0.2, 0.25) is 0 Å². The molecule has 5 heteroatoms. The molecule has 0 aliphatic carbocycles. The summed E-state index contributed by atoms with van der Waals surface area (Å²) in [5, 5.41) is 8.59. The first-order chi connectivity index (χ1) is 9.01. The fourth-order valence-corrected chi connectivity index (χ4v) is 1.72. The van der Waals surface area contributed by atoms with E-state index in [1.165, 1.54) is 24.1 Å². The van der Waals surface area contributed by atoms with Gasteiger partial charge < -0.3 is 9.64 Å². The number of carbonyl (C=O) groups is 1. The molecule has 0 N–H and O–H groups in total. The van der Waals surface area contributed by atoms with Crippen LogP contribution in [0.5, 0.6) is 5.75 Å². The summed E-state index contributed by atoms with van der Waals surface area (Å²) in [4.78, 5) is 13.7. The van der Waals surface area contributed by atoms with E-state index in [0.29, 0.717) is 12.3 Å². The molecule has 0 heterocycles. The van der Waals surface area contributed by atoms with Gasteiger partial charge in [0.05, 0.1) is 25.2 Å². The number of nitriles is 1. The number of halogens is 1. The maximum atomic E-state index is 13.8. The van der Waals surface area contributed by atoms with E-state index >= 15 is 0 Å². The van der Waals surface area contributed by atoms with Crippen LogP contribution in [-0.4, -0.2) is 30.5 Å². The van der Waals surface area contributed by atoms with E-state index in [9.17, 15) is 9.18 Å². The lowest BCUT2D eigenvalue weighted by Crippen LogP contribution is -2.38. The first-order valence-electron chi connectivity index (χ1n) is 6.02. The minimum absolute atomic E-state index is 0.00700. The van der Waals surface area contributed by atoms with Gasteiger partial charge in [-0.05, 0) is 26.0 Å². The van der Waals surface area contributed by atoms with Crippen molar-refractivity contribution >= 4 is 5.91 Å². The summed E-state index contributed by atoms with van der Waals surface area (Å²) in [6.07, 6.45) is 0.224. The Bertz CT molecular complexity index is 495. The van der Waals surface area contributed by atoms with Crippen LogP contribution in [0.4, 0.5) is 4.39 Å². The van der Waals surface area contributed by atoms with Gasteiger partial charge in [-0.3, -0.25) is 4.79 Å². The Balaban J connectivity index is 3.00. The van der Waals surface area contributed by atoms with Crippen LogP contribution in [0.3, 0.4) is 0 Å². The third-order valence-electron chi connectivity index (χ3n) is 2.76. The van der Waals surface area contributed by atoms with Crippen LogP contribution in [-0.2, 0) is 0 Å². The molecular weight excluding hydrogens is 247 g/mol. The normalized spacial score (nSPS) is 10.1. The summed E-state index contributed by atoms with van der Waals surface area (Å²) in [6.45, 7) is 3.95. The number of hydrogen-bond acceptors (Lipinski definition) is 3. The molecule has 19 heavy (non-hydrogen) atoms.